The molecule has 0 nitrogen and oxygen atoms in total. The third-order valence-electron chi connectivity index (χ3n) is 4.14. The zero-order valence-electron chi connectivity index (χ0n) is 8.56. The number of allylic oxidation sites excluding steroid dienone is 2. The summed E-state index contributed by atoms with van der Waals surface area (Å²) >= 11 is 0. The second kappa shape index (κ2) is 2.90. The van der Waals surface area contributed by atoms with E-state index in [0.29, 0.717) is 0 Å². The number of hydrogen-bond acceptors (Lipinski definition) is 0. The lowest BCUT2D eigenvalue weighted by atomic mass is 9.82. The van der Waals surface area contributed by atoms with E-state index in [2.05, 4.69) is 20.8 Å². The summed E-state index contributed by atoms with van der Waals surface area (Å²) in [5.74, 6) is 3.00. The van der Waals surface area contributed by atoms with E-state index in [1.807, 2.05) is 0 Å². The van der Waals surface area contributed by atoms with Crippen molar-refractivity contribution in [2.24, 2.45) is 17.8 Å². The van der Waals surface area contributed by atoms with Crippen LogP contribution in [0.1, 0.15) is 46.5 Å². The average Bonchev–Trinajstić information content (AvgIpc) is 2.55. The van der Waals surface area contributed by atoms with Gasteiger partial charge in [0.1, 0.15) is 0 Å². The van der Waals surface area contributed by atoms with Gasteiger partial charge in [-0.3, -0.25) is 0 Å². The summed E-state index contributed by atoms with van der Waals surface area (Å²) in [5.41, 5.74) is 3.47. The molecule has 0 aromatic carbocycles. The van der Waals surface area contributed by atoms with Crippen LogP contribution in [-0.4, -0.2) is 0 Å². The molecular formula is C12H20. The van der Waals surface area contributed by atoms with Gasteiger partial charge < -0.3 is 0 Å². The van der Waals surface area contributed by atoms with E-state index in [9.17, 15) is 0 Å². The summed E-state index contributed by atoms with van der Waals surface area (Å²) < 4.78 is 0. The summed E-state index contributed by atoms with van der Waals surface area (Å²) in [5, 5.41) is 0. The zero-order valence-corrected chi connectivity index (χ0v) is 8.56. The van der Waals surface area contributed by atoms with Crippen molar-refractivity contribution in [3.05, 3.63) is 11.1 Å². The highest BCUT2D eigenvalue weighted by molar-refractivity contribution is 5.27. The van der Waals surface area contributed by atoms with E-state index >= 15 is 0 Å². The fraction of sp³-hybridized carbons (Fsp3) is 0.833. The van der Waals surface area contributed by atoms with Gasteiger partial charge in [-0.1, -0.05) is 30.9 Å². The molecule has 0 heterocycles. The minimum absolute atomic E-state index is 0.978. The smallest absolute Gasteiger partial charge is 0.0169 e. The molecule has 3 unspecified atom stereocenters. The van der Waals surface area contributed by atoms with Crippen molar-refractivity contribution >= 4 is 0 Å². The monoisotopic (exact) mass is 164 g/mol. The first-order chi connectivity index (χ1) is 5.74. The first-order valence-electron chi connectivity index (χ1n) is 5.41. The molecule has 1 saturated carbocycles. The van der Waals surface area contributed by atoms with Crippen LogP contribution in [0, 0.1) is 17.8 Å². The fourth-order valence-electron chi connectivity index (χ4n) is 3.31. The Bertz CT molecular complexity index is 212. The summed E-state index contributed by atoms with van der Waals surface area (Å²) in [4.78, 5) is 0. The fourth-order valence-corrected chi connectivity index (χ4v) is 3.31. The third kappa shape index (κ3) is 1.04. The quantitative estimate of drug-likeness (QED) is 0.545. The van der Waals surface area contributed by atoms with Gasteiger partial charge in [0.15, 0.2) is 0 Å². The lowest BCUT2D eigenvalue weighted by Gasteiger charge is -2.23. The molecule has 68 valence electrons. The Balaban J connectivity index is 2.11. The van der Waals surface area contributed by atoms with Crippen molar-refractivity contribution in [3.8, 4) is 0 Å². The molecule has 0 radical (unpaired) electrons. The van der Waals surface area contributed by atoms with Crippen LogP contribution in [0.4, 0.5) is 0 Å². The van der Waals surface area contributed by atoms with Gasteiger partial charge >= 0.3 is 0 Å². The molecule has 2 aliphatic carbocycles. The maximum absolute atomic E-state index is 2.36. The topological polar surface area (TPSA) is 0 Å². The van der Waals surface area contributed by atoms with Gasteiger partial charge in [0.25, 0.3) is 0 Å². The van der Waals surface area contributed by atoms with E-state index in [1.54, 1.807) is 11.1 Å². The Morgan fingerprint density at radius 3 is 2.42 bits per heavy atom. The highest BCUT2D eigenvalue weighted by Gasteiger charge is 2.41. The Kier molecular flexibility index (Phi) is 2.02. The largest absolute Gasteiger partial charge is 0.0710 e. The predicted octanol–water partition coefficient (Wildman–Crippen LogP) is 3.78. The summed E-state index contributed by atoms with van der Waals surface area (Å²) in [7, 11) is 0. The molecule has 12 heavy (non-hydrogen) atoms. The van der Waals surface area contributed by atoms with Gasteiger partial charge in [0.05, 0.1) is 0 Å². The highest BCUT2D eigenvalue weighted by atomic mass is 14.5. The Morgan fingerprint density at radius 1 is 1.17 bits per heavy atom. The lowest BCUT2D eigenvalue weighted by Crippen LogP contribution is -2.11. The van der Waals surface area contributed by atoms with Crippen molar-refractivity contribution in [2.75, 3.05) is 0 Å². The number of fused-ring (bicyclic) bond motifs is 2. The van der Waals surface area contributed by atoms with Crippen LogP contribution >= 0.6 is 0 Å². The van der Waals surface area contributed by atoms with E-state index in [1.165, 1.54) is 25.7 Å². The molecule has 0 aliphatic heterocycles. The van der Waals surface area contributed by atoms with Gasteiger partial charge in [-0.15, -0.1) is 0 Å². The molecule has 1 fully saturated rings. The minimum Gasteiger partial charge on any atom is -0.0710 e. The molecule has 2 aliphatic rings. The number of rotatable bonds is 2. The van der Waals surface area contributed by atoms with Crippen LogP contribution < -0.4 is 0 Å². The first kappa shape index (κ1) is 8.34. The zero-order chi connectivity index (χ0) is 8.72. The molecular weight excluding hydrogens is 144 g/mol. The van der Waals surface area contributed by atoms with Crippen LogP contribution in [0.3, 0.4) is 0 Å². The molecule has 0 aromatic rings. The van der Waals surface area contributed by atoms with Crippen molar-refractivity contribution in [2.45, 2.75) is 46.5 Å². The first-order valence-corrected chi connectivity index (χ1v) is 5.41. The summed E-state index contributed by atoms with van der Waals surface area (Å²) in [6.07, 6.45) is 5.83. The van der Waals surface area contributed by atoms with Gasteiger partial charge in [-0.25, -0.2) is 0 Å². The van der Waals surface area contributed by atoms with Crippen molar-refractivity contribution < 1.29 is 0 Å². The predicted molar refractivity (Wildman–Crippen MR) is 53.0 cm³/mol. The summed E-state index contributed by atoms with van der Waals surface area (Å²) in [6, 6.07) is 0. The molecule has 2 bridgehead atoms. The second-order valence-corrected chi connectivity index (χ2v) is 4.69. The van der Waals surface area contributed by atoms with Gasteiger partial charge in [-0.05, 0) is 44.4 Å². The van der Waals surface area contributed by atoms with E-state index < -0.39 is 0 Å². The third-order valence-corrected chi connectivity index (χ3v) is 4.14. The van der Waals surface area contributed by atoms with Crippen molar-refractivity contribution in [1.29, 1.82) is 0 Å². The highest BCUT2D eigenvalue weighted by Crippen LogP contribution is 2.52. The van der Waals surface area contributed by atoms with Crippen molar-refractivity contribution in [3.63, 3.8) is 0 Å². The maximum Gasteiger partial charge on any atom is -0.0169 e. The normalized spacial score (nSPS) is 39.8. The SMILES string of the molecule is CCCC1CC2CC1C(C)=C2C. The molecule has 3 atom stereocenters. The average molecular weight is 164 g/mol. The van der Waals surface area contributed by atoms with E-state index in [4.69, 9.17) is 0 Å². The molecule has 0 heteroatoms. The molecule has 0 spiro atoms. The molecule has 0 N–H and O–H groups in total. The molecule has 2 rings (SSSR count). The van der Waals surface area contributed by atoms with Crippen LogP contribution in [-0.2, 0) is 0 Å². The van der Waals surface area contributed by atoms with Crippen LogP contribution in [0.15, 0.2) is 11.1 Å². The molecule has 0 aromatic heterocycles. The lowest BCUT2D eigenvalue weighted by molar-refractivity contribution is 0.391. The van der Waals surface area contributed by atoms with Gasteiger partial charge in [-0.2, -0.15) is 0 Å². The Morgan fingerprint density at radius 2 is 1.92 bits per heavy atom. The van der Waals surface area contributed by atoms with Gasteiger partial charge in [0, 0.05) is 0 Å². The molecule has 0 saturated heterocycles. The minimum atomic E-state index is 0.978. The van der Waals surface area contributed by atoms with Crippen LogP contribution in [0.2, 0.25) is 0 Å². The number of hydrogen-bond donors (Lipinski definition) is 0. The van der Waals surface area contributed by atoms with E-state index in [-0.39, 0.29) is 0 Å². The van der Waals surface area contributed by atoms with Crippen molar-refractivity contribution in [1.82, 2.24) is 0 Å². The van der Waals surface area contributed by atoms with Crippen LogP contribution in [0.25, 0.3) is 0 Å². The van der Waals surface area contributed by atoms with Gasteiger partial charge in [0.2, 0.25) is 0 Å². The Labute approximate surface area is 76.1 Å². The standard InChI is InChI=1S/C12H20/c1-4-5-10-6-11-7-12(10)9(3)8(11)2/h10-12H,4-7H2,1-3H3. The maximum atomic E-state index is 2.36. The summed E-state index contributed by atoms with van der Waals surface area (Å²) in [6.45, 7) is 7.03. The van der Waals surface area contributed by atoms with E-state index in [0.717, 1.165) is 17.8 Å². The molecule has 0 amide bonds. The van der Waals surface area contributed by atoms with Crippen LogP contribution in [0.5, 0.6) is 0 Å². The Hall–Kier alpha value is -0.260. The second-order valence-electron chi connectivity index (χ2n) is 4.69.